The van der Waals surface area contributed by atoms with Crippen LogP contribution < -0.4 is 10.6 Å². The fraction of sp³-hybridized carbons (Fsp3) is 0.0476. The summed E-state index contributed by atoms with van der Waals surface area (Å²) < 4.78 is 5.94. The summed E-state index contributed by atoms with van der Waals surface area (Å²) >= 11 is 0. The zero-order valence-corrected chi connectivity index (χ0v) is 14.0. The van der Waals surface area contributed by atoms with Gasteiger partial charge in [-0.15, -0.1) is 0 Å². The van der Waals surface area contributed by atoms with Crippen molar-refractivity contribution in [1.82, 2.24) is 0 Å². The predicted octanol–water partition coefficient (Wildman–Crippen LogP) is 3.05. The number of ether oxygens (including phenoxy) is 1. The maximum absolute atomic E-state index is 13.1. The van der Waals surface area contributed by atoms with Crippen molar-refractivity contribution in [2.75, 3.05) is 0 Å². The summed E-state index contributed by atoms with van der Waals surface area (Å²) in [5.74, 6) is 6.25. The van der Waals surface area contributed by atoms with Gasteiger partial charge in [0, 0.05) is 28.8 Å². The second-order valence-corrected chi connectivity index (χ2v) is 6.57. The number of fused-ring (bicyclic) bond motifs is 6. The number of phenols is 2. The summed E-state index contributed by atoms with van der Waals surface area (Å²) in [4.78, 5) is 13.1. The van der Waals surface area contributed by atoms with Gasteiger partial charge >= 0.3 is 0 Å². The SMILES string of the molecule is N/N=C1\C(=O)c2ccccc2C12c1ccc(O)cc1Oc1cc(O)ccc12. The Labute approximate surface area is 154 Å². The van der Waals surface area contributed by atoms with Crippen molar-refractivity contribution in [3.63, 3.8) is 0 Å². The molecule has 132 valence electrons. The normalized spacial score (nSPS) is 17.3. The topological polar surface area (TPSA) is 105 Å². The Morgan fingerprint density at radius 2 is 1.44 bits per heavy atom. The van der Waals surface area contributed by atoms with Gasteiger partial charge in [0.1, 0.15) is 34.1 Å². The summed E-state index contributed by atoms with van der Waals surface area (Å²) in [6.45, 7) is 0. The Balaban J connectivity index is 1.99. The molecule has 3 aromatic rings. The molecule has 0 atom stereocenters. The van der Waals surface area contributed by atoms with Crippen LogP contribution in [0.25, 0.3) is 0 Å². The van der Waals surface area contributed by atoms with E-state index in [4.69, 9.17) is 10.6 Å². The first kappa shape index (κ1) is 15.5. The maximum Gasteiger partial charge on any atom is 0.210 e. The second-order valence-electron chi connectivity index (χ2n) is 6.57. The average Bonchev–Trinajstić information content (AvgIpc) is 2.91. The highest BCUT2D eigenvalue weighted by atomic mass is 16.5. The standard InChI is InChI=1S/C21H14N2O4/c22-23-20-19(26)13-3-1-2-4-14(13)21(20)15-7-5-11(24)9-17(15)27-18-10-12(25)6-8-16(18)21/h1-10,24-25H,22H2/b23-20+. The van der Waals surface area contributed by atoms with Gasteiger partial charge in [0.2, 0.25) is 5.78 Å². The van der Waals surface area contributed by atoms with E-state index < -0.39 is 5.41 Å². The number of benzene rings is 3. The number of nitrogens with two attached hydrogens (primary N) is 1. The zero-order valence-electron chi connectivity index (χ0n) is 14.0. The molecule has 2 aliphatic rings. The fourth-order valence-electron chi connectivity index (χ4n) is 4.21. The molecule has 1 aliphatic heterocycles. The van der Waals surface area contributed by atoms with Gasteiger partial charge in [-0.2, -0.15) is 5.10 Å². The van der Waals surface area contributed by atoms with Gasteiger partial charge in [0.25, 0.3) is 0 Å². The lowest BCUT2D eigenvalue weighted by Gasteiger charge is -2.37. The second kappa shape index (κ2) is 5.11. The van der Waals surface area contributed by atoms with E-state index >= 15 is 0 Å². The molecule has 0 radical (unpaired) electrons. The van der Waals surface area contributed by atoms with Crippen LogP contribution >= 0.6 is 0 Å². The Morgan fingerprint density at radius 1 is 0.852 bits per heavy atom. The molecular weight excluding hydrogens is 344 g/mol. The molecular formula is C21H14N2O4. The Hall–Kier alpha value is -3.80. The number of hydrogen-bond acceptors (Lipinski definition) is 6. The van der Waals surface area contributed by atoms with E-state index in [1.165, 1.54) is 24.3 Å². The number of ketones is 1. The van der Waals surface area contributed by atoms with Crippen LogP contribution in [0.15, 0.2) is 65.8 Å². The van der Waals surface area contributed by atoms with E-state index in [9.17, 15) is 15.0 Å². The largest absolute Gasteiger partial charge is 0.508 e. The summed E-state index contributed by atoms with van der Waals surface area (Å²) in [5.41, 5.74) is 1.66. The number of hydrazone groups is 1. The average molecular weight is 358 g/mol. The van der Waals surface area contributed by atoms with E-state index in [2.05, 4.69) is 5.10 Å². The highest BCUT2D eigenvalue weighted by molar-refractivity contribution is 6.54. The van der Waals surface area contributed by atoms with Crippen LogP contribution in [-0.2, 0) is 5.41 Å². The molecule has 5 rings (SSSR count). The number of carbonyl (C=O) groups is 1. The molecule has 0 unspecified atom stereocenters. The van der Waals surface area contributed by atoms with Crippen molar-refractivity contribution < 1.29 is 19.7 Å². The van der Waals surface area contributed by atoms with Gasteiger partial charge in [-0.05, 0) is 29.8 Å². The van der Waals surface area contributed by atoms with Crippen molar-refractivity contribution in [3.05, 3.63) is 82.9 Å². The van der Waals surface area contributed by atoms with Gasteiger partial charge in [-0.3, -0.25) is 4.79 Å². The van der Waals surface area contributed by atoms with E-state index in [1.54, 1.807) is 24.3 Å². The first-order chi connectivity index (χ1) is 13.1. The summed E-state index contributed by atoms with van der Waals surface area (Å²) in [5, 5.41) is 23.8. The number of aromatic hydroxyl groups is 2. The lowest BCUT2D eigenvalue weighted by molar-refractivity contribution is 0.106. The Morgan fingerprint density at radius 3 is 2.04 bits per heavy atom. The number of hydrogen-bond donors (Lipinski definition) is 3. The van der Waals surface area contributed by atoms with Crippen molar-refractivity contribution in [1.29, 1.82) is 0 Å². The molecule has 0 fully saturated rings. The maximum atomic E-state index is 13.1. The van der Waals surface area contributed by atoms with Crippen LogP contribution in [0.2, 0.25) is 0 Å². The molecule has 6 heteroatoms. The predicted molar refractivity (Wildman–Crippen MR) is 98.6 cm³/mol. The third-order valence-electron chi connectivity index (χ3n) is 5.23. The van der Waals surface area contributed by atoms with Crippen LogP contribution in [-0.4, -0.2) is 21.7 Å². The van der Waals surface area contributed by atoms with Crippen molar-refractivity contribution in [2.24, 2.45) is 10.9 Å². The summed E-state index contributed by atoms with van der Waals surface area (Å²) in [7, 11) is 0. The molecule has 6 nitrogen and oxygen atoms in total. The van der Waals surface area contributed by atoms with Crippen LogP contribution in [0.5, 0.6) is 23.0 Å². The van der Waals surface area contributed by atoms with E-state index in [0.717, 1.165) is 5.56 Å². The van der Waals surface area contributed by atoms with E-state index in [-0.39, 0.29) is 23.0 Å². The lowest BCUT2D eigenvalue weighted by Crippen LogP contribution is -2.40. The van der Waals surface area contributed by atoms with Crippen LogP contribution in [0.4, 0.5) is 0 Å². The minimum absolute atomic E-state index is 0.0244. The molecule has 0 aromatic heterocycles. The molecule has 1 aliphatic carbocycles. The molecule has 0 saturated heterocycles. The molecule has 0 amide bonds. The highest BCUT2D eigenvalue weighted by Gasteiger charge is 2.56. The molecule has 4 N–H and O–H groups in total. The smallest absolute Gasteiger partial charge is 0.210 e. The Kier molecular flexibility index (Phi) is 2.92. The van der Waals surface area contributed by atoms with E-state index in [1.807, 2.05) is 12.1 Å². The monoisotopic (exact) mass is 358 g/mol. The van der Waals surface area contributed by atoms with E-state index in [0.29, 0.717) is 28.2 Å². The first-order valence-corrected chi connectivity index (χ1v) is 8.34. The third kappa shape index (κ3) is 1.79. The highest BCUT2D eigenvalue weighted by Crippen LogP contribution is 2.57. The molecule has 0 saturated carbocycles. The fourth-order valence-corrected chi connectivity index (χ4v) is 4.21. The quantitative estimate of drug-likeness (QED) is 0.423. The lowest BCUT2D eigenvalue weighted by atomic mass is 9.67. The van der Waals surface area contributed by atoms with Gasteiger partial charge in [0.05, 0.1) is 0 Å². The molecule has 27 heavy (non-hydrogen) atoms. The summed E-state index contributed by atoms with van der Waals surface area (Å²) in [6.07, 6.45) is 0. The molecule has 3 aromatic carbocycles. The number of rotatable bonds is 0. The molecule has 0 bridgehead atoms. The van der Waals surface area contributed by atoms with Crippen LogP contribution in [0.3, 0.4) is 0 Å². The van der Waals surface area contributed by atoms with Crippen molar-refractivity contribution in [2.45, 2.75) is 5.41 Å². The summed E-state index contributed by atoms with van der Waals surface area (Å²) in [6, 6.07) is 16.7. The van der Waals surface area contributed by atoms with Crippen LogP contribution in [0, 0.1) is 0 Å². The van der Waals surface area contributed by atoms with Gasteiger partial charge in [-0.25, -0.2) is 0 Å². The zero-order chi connectivity index (χ0) is 18.8. The first-order valence-electron chi connectivity index (χ1n) is 8.34. The van der Waals surface area contributed by atoms with Gasteiger partial charge in [0.15, 0.2) is 0 Å². The van der Waals surface area contributed by atoms with Crippen molar-refractivity contribution in [3.8, 4) is 23.0 Å². The number of carbonyl (C=O) groups excluding carboxylic acids is 1. The molecule has 1 spiro atoms. The van der Waals surface area contributed by atoms with Gasteiger partial charge in [-0.1, -0.05) is 24.3 Å². The van der Waals surface area contributed by atoms with Gasteiger partial charge < -0.3 is 20.8 Å². The Bertz CT molecular complexity index is 1120. The molecule has 1 heterocycles. The number of nitrogens with zero attached hydrogens (tertiary/aromatic N) is 1. The number of phenolic OH excluding ortho intramolecular Hbond substituents is 2. The van der Waals surface area contributed by atoms with Crippen molar-refractivity contribution >= 4 is 11.5 Å². The minimum Gasteiger partial charge on any atom is -0.508 e. The third-order valence-corrected chi connectivity index (χ3v) is 5.23. The number of Topliss-reactive ketones (excluding diaryl/α,β-unsaturated/α-hetero) is 1. The van der Waals surface area contributed by atoms with Crippen LogP contribution in [0.1, 0.15) is 27.0 Å². The minimum atomic E-state index is -1.08.